The van der Waals surface area contributed by atoms with Crippen LogP contribution in [0.5, 0.6) is 0 Å². The van der Waals surface area contributed by atoms with Gasteiger partial charge in [-0.25, -0.2) is 0 Å². The molecular weight excluding hydrogens is 290 g/mol. The van der Waals surface area contributed by atoms with Crippen LogP contribution in [0.2, 0.25) is 0 Å². The molecule has 0 fully saturated rings. The SMILES string of the molecule is C=C(C)C(CCCCCCC)C(N)CC(CC)CCCCCCC. The van der Waals surface area contributed by atoms with E-state index in [9.17, 15) is 0 Å². The summed E-state index contributed by atoms with van der Waals surface area (Å²) >= 11 is 0. The number of unbranched alkanes of at least 4 members (excludes halogenated alkanes) is 8. The van der Waals surface area contributed by atoms with Gasteiger partial charge in [-0.05, 0) is 31.6 Å². The number of hydrogen-bond donors (Lipinski definition) is 1. The highest BCUT2D eigenvalue weighted by atomic mass is 14.7. The molecule has 0 aromatic heterocycles. The van der Waals surface area contributed by atoms with Crippen molar-refractivity contribution in [2.24, 2.45) is 17.6 Å². The molecule has 24 heavy (non-hydrogen) atoms. The summed E-state index contributed by atoms with van der Waals surface area (Å²) in [5, 5.41) is 0. The average Bonchev–Trinajstić information content (AvgIpc) is 2.56. The first-order valence-electron chi connectivity index (χ1n) is 11.0. The van der Waals surface area contributed by atoms with Crippen LogP contribution in [0.1, 0.15) is 118 Å². The van der Waals surface area contributed by atoms with Crippen molar-refractivity contribution in [2.75, 3.05) is 0 Å². The van der Waals surface area contributed by atoms with Gasteiger partial charge in [0.2, 0.25) is 0 Å². The Hall–Kier alpha value is -0.300. The molecule has 144 valence electrons. The molecule has 0 saturated heterocycles. The van der Waals surface area contributed by atoms with Crippen molar-refractivity contribution in [1.82, 2.24) is 0 Å². The smallest absolute Gasteiger partial charge is 0.0107 e. The quantitative estimate of drug-likeness (QED) is 0.214. The van der Waals surface area contributed by atoms with Gasteiger partial charge in [-0.2, -0.15) is 0 Å². The molecule has 1 heteroatoms. The van der Waals surface area contributed by atoms with Gasteiger partial charge in [0, 0.05) is 6.04 Å². The molecule has 0 aromatic carbocycles. The third-order valence-electron chi connectivity index (χ3n) is 5.67. The molecule has 0 rings (SSSR count). The summed E-state index contributed by atoms with van der Waals surface area (Å²) < 4.78 is 0. The molecule has 0 aliphatic carbocycles. The van der Waals surface area contributed by atoms with E-state index in [1.54, 1.807) is 0 Å². The van der Waals surface area contributed by atoms with Gasteiger partial charge in [-0.3, -0.25) is 0 Å². The molecule has 0 aliphatic heterocycles. The Bertz CT molecular complexity index is 284. The predicted molar refractivity (Wildman–Crippen MR) is 111 cm³/mol. The van der Waals surface area contributed by atoms with E-state index in [1.807, 2.05) is 0 Å². The van der Waals surface area contributed by atoms with Crippen LogP contribution in [0.25, 0.3) is 0 Å². The molecule has 0 heterocycles. The second-order valence-electron chi connectivity index (χ2n) is 8.03. The summed E-state index contributed by atoms with van der Waals surface area (Å²) in [7, 11) is 0. The van der Waals surface area contributed by atoms with Gasteiger partial charge in [0.1, 0.15) is 0 Å². The third-order valence-corrected chi connectivity index (χ3v) is 5.67. The molecular formula is C23H47N. The summed E-state index contributed by atoms with van der Waals surface area (Å²) in [5.74, 6) is 1.34. The van der Waals surface area contributed by atoms with E-state index in [4.69, 9.17) is 5.73 Å². The first-order chi connectivity index (χ1) is 11.6. The van der Waals surface area contributed by atoms with E-state index < -0.39 is 0 Å². The Labute approximate surface area is 153 Å². The molecule has 2 N–H and O–H groups in total. The summed E-state index contributed by atoms with van der Waals surface area (Å²) in [6.45, 7) is 13.3. The highest BCUT2D eigenvalue weighted by Crippen LogP contribution is 2.27. The minimum absolute atomic E-state index is 0.314. The Morgan fingerprint density at radius 1 is 0.792 bits per heavy atom. The fraction of sp³-hybridized carbons (Fsp3) is 0.913. The molecule has 0 radical (unpaired) electrons. The van der Waals surface area contributed by atoms with Gasteiger partial charge >= 0.3 is 0 Å². The third kappa shape index (κ3) is 12.1. The van der Waals surface area contributed by atoms with Crippen molar-refractivity contribution in [2.45, 2.75) is 124 Å². The fourth-order valence-corrected chi connectivity index (χ4v) is 3.87. The summed E-state index contributed by atoms with van der Waals surface area (Å²) in [4.78, 5) is 0. The van der Waals surface area contributed by atoms with Gasteiger partial charge in [-0.1, -0.05) is 110 Å². The van der Waals surface area contributed by atoms with Crippen LogP contribution < -0.4 is 5.73 Å². The molecule has 0 aromatic rings. The van der Waals surface area contributed by atoms with Gasteiger partial charge < -0.3 is 5.73 Å². The minimum Gasteiger partial charge on any atom is -0.327 e. The highest BCUT2D eigenvalue weighted by Gasteiger charge is 2.21. The topological polar surface area (TPSA) is 26.0 Å². The van der Waals surface area contributed by atoms with E-state index in [1.165, 1.54) is 95.5 Å². The standard InChI is InChI=1S/C23H47N/c1-6-9-11-13-15-17-21(8-3)19-23(24)22(20(4)5)18-16-14-12-10-7-2/h21-23H,4,6-19,24H2,1-3,5H3. The van der Waals surface area contributed by atoms with Crippen LogP contribution in [0.3, 0.4) is 0 Å². The summed E-state index contributed by atoms with van der Waals surface area (Å²) in [5.41, 5.74) is 7.93. The van der Waals surface area contributed by atoms with E-state index >= 15 is 0 Å². The molecule has 0 bridgehead atoms. The number of rotatable bonds is 17. The predicted octanol–water partition coefficient (Wildman–Crippen LogP) is 7.64. The Morgan fingerprint density at radius 2 is 1.29 bits per heavy atom. The van der Waals surface area contributed by atoms with Crippen LogP contribution >= 0.6 is 0 Å². The van der Waals surface area contributed by atoms with Crippen molar-refractivity contribution < 1.29 is 0 Å². The monoisotopic (exact) mass is 337 g/mol. The van der Waals surface area contributed by atoms with E-state index in [0.29, 0.717) is 12.0 Å². The molecule has 3 unspecified atom stereocenters. The lowest BCUT2D eigenvalue weighted by molar-refractivity contribution is 0.323. The second kappa shape index (κ2) is 16.2. The highest BCUT2D eigenvalue weighted by molar-refractivity contribution is 5.01. The normalized spacial score (nSPS) is 15.2. The van der Waals surface area contributed by atoms with Crippen molar-refractivity contribution in [3.63, 3.8) is 0 Å². The number of hydrogen-bond acceptors (Lipinski definition) is 1. The lowest BCUT2D eigenvalue weighted by Crippen LogP contribution is -2.33. The van der Waals surface area contributed by atoms with E-state index in [0.717, 1.165) is 5.92 Å². The van der Waals surface area contributed by atoms with Crippen LogP contribution in [0, 0.1) is 11.8 Å². The molecule has 0 spiro atoms. The maximum atomic E-state index is 6.63. The van der Waals surface area contributed by atoms with E-state index in [-0.39, 0.29) is 0 Å². The van der Waals surface area contributed by atoms with Gasteiger partial charge in [0.15, 0.2) is 0 Å². The van der Waals surface area contributed by atoms with Crippen LogP contribution in [0.15, 0.2) is 12.2 Å². The largest absolute Gasteiger partial charge is 0.327 e. The minimum atomic E-state index is 0.314. The van der Waals surface area contributed by atoms with E-state index in [2.05, 4.69) is 34.3 Å². The van der Waals surface area contributed by atoms with Crippen LogP contribution in [0.4, 0.5) is 0 Å². The number of nitrogens with two attached hydrogens (primary N) is 1. The molecule has 0 aliphatic rings. The van der Waals surface area contributed by atoms with Crippen LogP contribution in [-0.2, 0) is 0 Å². The lowest BCUT2D eigenvalue weighted by Gasteiger charge is -2.28. The Balaban J connectivity index is 4.15. The lowest BCUT2D eigenvalue weighted by atomic mass is 9.81. The second-order valence-corrected chi connectivity index (χ2v) is 8.03. The molecule has 0 saturated carbocycles. The molecule has 0 amide bonds. The Morgan fingerprint density at radius 3 is 1.75 bits per heavy atom. The maximum Gasteiger partial charge on any atom is 0.0107 e. The fourth-order valence-electron chi connectivity index (χ4n) is 3.87. The summed E-state index contributed by atoms with van der Waals surface area (Å²) in [6.07, 6.45) is 18.8. The van der Waals surface area contributed by atoms with Crippen LogP contribution in [-0.4, -0.2) is 6.04 Å². The average molecular weight is 338 g/mol. The van der Waals surface area contributed by atoms with Crippen molar-refractivity contribution >= 4 is 0 Å². The zero-order chi connectivity index (χ0) is 18.2. The van der Waals surface area contributed by atoms with Crippen molar-refractivity contribution in [1.29, 1.82) is 0 Å². The van der Waals surface area contributed by atoms with Gasteiger partial charge in [0.25, 0.3) is 0 Å². The van der Waals surface area contributed by atoms with Crippen molar-refractivity contribution in [3.05, 3.63) is 12.2 Å². The zero-order valence-corrected chi connectivity index (χ0v) is 17.4. The van der Waals surface area contributed by atoms with Crippen molar-refractivity contribution in [3.8, 4) is 0 Å². The summed E-state index contributed by atoms with van der Waals surface area (Å²) in [6, 6.07) is 0.314. The first-order valence-corrected chi connectivity index (χ1v) is 11.0. The zero-order valence-electron chi connectivity index (χ0n) is 17.4. The van der Waals surface area contributed by atoms with Gasteiger partial charge in [-0.15, -0.1) is 0 Å². The maximum absolute atomic E-state index is 6.63. The first kappa shape index (κ1) is 23.7. The Kier molecular flexibility index (Phi) is 16.0. The molecule has 3 atom stereocenters. The van der Waals surface area contributed by atoms with Gasteiger partial charge in [0.05, 0.1) is 0 Å². The molecule has 1 nitrogen and oxygen atoms in total.